The van der Waals surface area contributed by atoms with Gasteiger partial charge in [0.05, 0.1) is 7.11 Å². The fourth-order valence-electron chi connectivity index (χ4n) is 2.37. The molecule has 0 radical (unpaired) electrons. The third kappa shape index (κ3) is 3.95. The minimum absolute atomic E-state index is 0.146. The van der Waals surface area contributed by atoms with Gasteiger partial charge in [-0.15, -0.1) is 0 Å². The summed E-state index contributed by atoms with van der Waals surface area (Å²) >= 11 is 0. The molecule has 0 aliphatic heterocycles. The number of hydrogen-bond donors (Lipinski definition) is 1. The Balaban J connectivity index is 3.01. The third-order valence-electron chi connectivity index (χ3n) is 4.06. The van der Waals surface area contributed by atoms with Crippen LogP contribution in [0.5, 0.6) is 5.75 Å². The van der Waals surface area contributed by atoms with Crippen molar-refractivity contribution in [2.45, 2.75) is 51.7 Å². The van der Waals surface area contributed by atoms with Crippen molar-refractivity contribution in [1.29, 1.82) is 0 Å². The lowest BCUT2D eigenvalue weighted by Crippen LogP contribution is -2.42. The molecule has 0 bridgehead atoms. The van der Waals surface area contributed by atoms with Crippen LogP contribution in [0.3, 0.4) is 0 Å². The Morgan fingerprint density at radius 2 is 1.74 bits per heavy atom. The van der Waals surface area contributed by atoms with Gasteiger partial charge in [-0.25, -0.2) is 0 Å². The molecule has 1 aromatic rings. The van der Waals surface area contributed by atoms with Crippen molar-refractivity contribution in [1.82, 2.24) is 4.90 Å². The summed E-state index contributed by atoms with van der Waals surface area (Å²) in [5.41, 5.74) is 7.60. The number of nitrogens with two attached hydrogens (primary N) is 1. The van der Waals surface area contributed by atoms with Gasteiger partial charge in [0, 0.05) is 18.1 Å². The molecule has 3 heteroatoms. The molecule has 108 valence electrons. The minimum atomic E-state index is 0.146. The van der Waals surface area contributed by atoms with Crippen molar-refractivity contribution >= 4 is 0 Å². The van der Waals surface area contributed by atoms with Gasteiger partial charge < -0.3 is 10.5 Å². The van der Waals surface area contributed by atoms with E-state index in [1.165, 1.54) is 5.56 Å². The first kappa shape index (κ1) is 16.0. The maximum absolute atomic E-state index is 6.34. The number of nitrogens with zero attached hydrogens (tertiary/aromatic N) is 1. The minimum Gasteiger partial charge on any atom is -0.497 e. The van der Waals surface area contributed by atoms with E-state index in [9.17, 15) is 0 Å². The Bertz CT molecular complexity index is 364. The Hall–Kier alpha value is -1.06. The van der Waals surface area contributed by atoms with Crippen LogP contribution in [0.15, 0.2) is 24.3 Å². The first-order valence-corrected chi connectivity index (χ1v) is 7.16. The van der Waals surface area contributed by atoms with Crippen molar-refractivity contribution in [2.75, 3.05) is 14.2 Å². The smallest absolute Gasteiger partial charge is 0.118 e. The van der Waals surface area contributed by atoms with Crippen molar-refractivity contribution in [3.8, 4) is 5.75 Å². The monoisotopic (exact) mass is 264 g/mol. The van der Waals surface area contributed by atoms with Gasteiger partial charge in [-0.05, 0) is 44.5 Å². The topological polar surface area (TPSA) is 38.5 Å². The van der Waals surface area contributed by atoms with E-state index in [2.05, 4.69) is 44.9 Å². The SMILES string of the molecule is CCC(N)C(c1ccc(OC)cc1)N(C)C(C)CC. The summed E-state index contributed by atoms with van der Waals surface area (Å²) in [6, 6.07) is 9.18. The molecule has 0 fully saturated rings. The van der Waals surface area contributed by atoms with E-state index in [0.717, 1.165) is 18.6 Å². The van der Waals surface area contributed by atoms with Gasteiger partial charge in [0.25, 0.3) is 0 Å². The van der Waals surface area contributed by atoms with Gasteiger partial charge in [0.2, 0.25) is 0 Å². The van der Waals surface area contributed by atoms with E-state index in [-0.39, 0.29) is 12.1 Å². The molecule has 19 heavy (non-hydrogen) atoms. The molecule has 0 saturated carbocycles. The first-order chi connectivity index (χ1) is 9.04. The molecule has 0 aromatic heterocycles. The Kier molecular flexibility index (Phi) is 6.32. The normalized spacial score (nSPS) is 16.2. The Morgan fingerprint density at radius 1 is 1.16 bits per heavy atom. The second-order valence-electron chi connectivity index (χ2n) is 5.21. The summed E-state index contributed by atoms with van der Waals surface area (Å²) in [5.74, 6) is 0.888. The van der Waals surface area contributed by atoms with Crippen LogP contribution in [0, 0.1) is 0 Å². The van der Waals surface area contributed by atoms with Gasteiger partial charge >= 0.3 is 0 Å². The van der Waals surface area contributed by atoms with Crippen molar-refractivity contribution in [2.24, 2.45) is 5.73 Å². The molecule has 0 aliphatic rings. The van der Waals surface area contributed by atoms with Crippen LogP contribution in [0.4, 0.5) is 0 Å². The zero-order valence-corrected chi connectivity index (χ0v) is 12.9. The lowest BCUT2D eigenvalue weighted by atomic mass is 9.95. The summed E-state index contributed by atoms with van der Waals surface area (Å²) in [5, 5.41) is 0. The maximum atomic E-state index is 6.34. The van der Waals surface area contributed by atoms with E-state index >= 15 is 0 Å². The standard InChI is InChI=1S/C16H28N2O/c1-6-12(3)18(4)16(15(17)7-2)13-8-10-14(19-5)11-9-13/h8-12,15-16H,6-7,17H2,1-5H3. The molecule has 2 N–H and O–H groups in total. The highest BCUT2D eigenvalue weighted by molar-refractivity contribution is 5.30. The van der Waals surface area contributed by atoms with Crippen molar-refractivity contribution in [3.63, 3.8) is 0 Å². The van der Waals surface area contributed by atoms with E-state index < -0.39 is 0 Å². The lowest BCUT2D eigenvalue weighted by Gasteiger charge is -2.36. The Labute approximate surface area is 117 Å². The fourth-order valence-corrected chi connectivity index (χ4v) is 2.37. The molecule has 1 rings (SSSR count). The predicted molar refractivity (Wildman–Crippen MR) is 81.5 cm³/mol. The number of hydrogen-bond acceptors (Lipinski definition) is 3. The highest BCUT2D eigenvalue weighted by Gasteiger charge is 2.25. The van der Waals surface area contributed by atoms with Crippen molar-refractivity contribution < 1.29 is 4.74 Å². The van der Waals surface area contributed by atoms with Gasteiger partial charge in [-0.2, -0.15) is 0 Å². The van der Waals surface area contributed by atoms with E-state index in [1.54, 1.807) is 7.11 Å². The quantitative estimate of drug-likeness (QED) is 0.822. The zero-order chi connectivity index (χ0) is 14.4. The molecular formula is C16H28N2O. The Morgan fingerprint density at radius 3 is 2.16 bits per heavy atom. The van der Waals surface area contributed by atoms with Crippen LogP contribution >= 0.6 is 0 Å². The number of likely N-dealkylation sites (N-methyl/N-ethyl adjacent to an activating group) is 1. The van der Waals surface area contributed by atoms with Crippen LogP contribution < -0.4 is 10.5 Å². The summed E-state index contributed by atoms with van der Waals surface area (Å²) in [6.07, 6.45) is 2.09. The summed E-state index contributed by atoms with van der Waals surface area (Å²) in [4.78, 5) is 2.38. The molecule has 0 spiro atoms. The largest absolute Gasteiger partial charge is 0.497 e. The van der Waals surface area contributed by atoms with E-state index in [1.807, 2.05) is 12.1 Å². The summed E-state index contributed by atoms with van der Waals surface area (Å²) in [7, 11) is 3.86. The van der Waals surface area contributed by atoms with Crippen LogP contribution in [-0.4, -0.2) is 31.1 Å². The summed E-state index contributed by atoms with van der Waals surface area (Å²) in [6.45, 7) is 6.61. The van der Waals surface area contributed by atoms with Gasteiger partial charge in [-0.3, -0.25) is 4.90 Å². The highest BCUT2D eigenvalue weighted by Crippen LogP contribution is 2.27. The molecule has 0 heterocycles. The number of methoxy groups -OCH3 is 1. The van der Waals surface area contributed by atoms with Crippen molar-refractivity contribution in [3.05, 3.63) is 29.8 Å². The van der Waals surface area contributed by atoms with Crippen LogP contribution in [0.25, 0.3) is 0 Å². The average molecular weight is 264 g/mol. The van der Waals surface area contributed by atoms with Crippen LogP contribution in [-0.2, 0) is 0 Å². The molecular weight excluding hydrogens is 236 g/mol. The second-order valence-corrected chi connectivity index (χ2v) is 5.21. The van der Waals surface area contributed by atoms with Gasteiger partial charge in [0.1, 0.15) is 5.75 Å². The molecule has 0 amide bonds. The van der Waals surface area contributed by atoms with E-state index in [0.29, 0.717) is 6.04 Å². The predicted octanol–water partition coefficient (Wildman–Crippen LogP) is 3.20. The second kappa shape index (κ2) is 7.51. The van der Waals surface area contributed by atoms with Gasteiger partial charge in [0.15, 0.2) is 0 Å². The summed E-state index contributed by atoms with van der Waals surface area (Å²) < 4.78 is 5.22. The molecule has 0 aliphatic carbocycles. The number of ether oxygens (including phenoxy) is 1. The lowest BCUT2D eigenvalue weighted by molar-refractivity contribution is 0.155. The average Bonchev–Trinajstić information content (AvgIpc) is 2.46. The van der Waals surface area contributed by atoms with Crippen LogP contribution in [0.2, 0.25) is 0 Å². The van der Waals surface area contributed by atoms with Gasteiger partial charge in [-0.1, -0.05) is 26.0 Å². The third-order valence-corrected chi connectivity index (χ3v) is 4.06. The fraction of sp³-hybridized carbons (Fsp3) is 0.625. The number of benzene rings is 1. The van der Waals surface area contributed by atoms with Crippen LogP contribution in [0.1, 0.15) is 45.2 Å². The molecule has 3 nitrogen and oxygen atoms in total. The van der Waals surface area contributed by atoms with E-state index in [4.69, 9.17) is 10.5 Å². The molecule has 0 saturated heterocycles. The first-order valence-electron chi connectivity index (χ1n) is 7.16. The molecule has 3 atom stereocenters. The molecule has 1 aromatic carbocycles. The maximum Gasteiger partial charge on any atom is 0.118 e. The number of rotatable bonds is 7. The molecule has 3 unspecified atom stereocenters. The highest BCUT2D eigenvalue weighted by atomic mass is 16.5. The zero-order valence-electron chi connectivity index (χ0n) is 12.9.